The fraction of sp³-hybridized carbons (Fsp3) is 0.333. The van der Waals surface area contributed by atoms with Gasteiger partial charge in [-0.2, -0.15) is 0 Å². The van der Waals surface area contributed by atoms with Gasteiger partial charge in [0.2, 0.25) is 0 Å². The zero-order valence-corrected chi connectivity index (χ0v) is 11.5. The van der Waals surface area contributed by atoms with Crippen LogP contribution in [0.25, 0.3) is 0 Å². The molecule has 1 aromatic carbocycles. The fourth-order valence-corrected chi connectivity index (χ4v) is 1.99. The Kier molecular flexibility index (Phi) is 4.72. The molecule has 21 heavy (non-hydrogen) atoms. The molecule has 0 aromatic heterocycles. The molecule has 1 heterocycles. The number of hydrogen-bond acceptors (Lipinski definition) is 6. The first-order chi connectivity index (χ1) is 10.0. The van der Waals surface area contributed by atoms with Gasteiger partial charge in [-0.15, -0.1) is 0 Å². The molecule has 0 saturated carbocycles. The number of ether oxygens (including phenoxy) is 3. The first-order valence-corrected chi connectivity index (χ1v) is 6.51. The van der Waals surface area contributed by atoms with E-state index in [1.54, 1.807) is 0 Å². The van der Waals surface area contributed by atoms with Crippen molar-refractivity contribution in [3.8, 4) is 0 Å². The van der Waals surface area contributed by atoms with E-state index in [1.807, 2.05) is 30.3 Å². The van der Waals surface area contributed by atoms with Gasteiger partial charge in [-0.05, 0) is 5.56 Å². The highest BCUT2D eigenvalue weighted by atomic mass is 16.7. The third-order valence-electron chi connectivity index (χ3n) is 3.07. The van der Waals surface area contributed by atoms with E-state index in [-0.39, 0.29) is 19.6 Å². The molecule has 1 aliphatic rings. The van der Waals surface area contributed by atoms with Gasteiger partial charge in [-0.1, -0.05) is 43.0 Å². The van der Waals surface area contributed by atoms with Crippen molar-refractivity contribution in [2.24, 2.45) is 11.7 Å². The van der Waals surface area contributed by atoms with Gasteiger partial charge in [0.1, 0.15) is 12.5 Å². The summed E-state index contributed by atoms with van der Waals surface area (Å²) in [6.07, 6.45) is 1.26. The van der Waals surface area contributed by atoms with E-state index in [1.165, 1.54) is 6.08 Å². The second-order valence-corrected chi connectivity index (χ2v) is 4.65. The minimum absolute atomic E-state index is 0.0400. The predicted molar refractivity (Wildman–Crippen MR) is 73.5 cm³/mol. The molecule has 1 fully saturated rings. The molecule has 0 radical (unpaired) electrons. The summed E-state index contributed by atoms with van der Waals surface area (Å²) in [6.45, 7) is 3.61. The largest absolute Gasteiger partial charge is 0.461 e. The summed E-state index contributed by atoms with van der Waals surface area (Å²) in [4.78, 5) is 23.4. The highest BCUT2D eigenvalue weighted by Gasteiger charge is 2.53. The Bertz CT molecular complexity index is 530. The summed E-state index contributed by atoms with van der Waals surface area (Å²) < 4.78 is 15.4. The monoisotopic (exact) mass is 291 g/mol. The van der Waals surface area contributed by atoms with Crippen molar-refractivity contribution in [3.05, 3.63) is 48.6 Å². The molecule has 0 spiro atoms. The second-order valence-electron chi connectivity index (χ2n) is 4.65. The molecule has 112 valence electrons. The van der Waals surface area contributed by atoms with Crippen molar-refractivity contribution in [3.63, 3.8) is 0 Å². The van der Waals surface area contributed by atoms with E-state index in [0.29, 0.717) is 0 Å². The Morgan fingerprint density at radius 3 is 2.86 bits per heavy atom. The molecule has 0 amide bonds. The van der Waals surface area contributed by atoms with Crippen molar-refractivity contribution >= 4 is 11.9 Å². The smallest absolute Gasteiger partial charge is 0.318 e. The lowest BCUT2D eigenvalue weighted by atomic mass is 10.0. The molecule has 6 nitrogen and oxygen atoms in total. The number of hydrogen-bond donors (Lipinski definition) is 1. The molecule has 2 atom stereocenters. The Morgan fingerprint density at radius 1 is 1.48 bits per heavy atom. The Labute approximate surface area is 122 Å². The quantitative estimate of drug-likeness (QED) is 0.480. The molecular weight excluding hydrogens is 274 g/mol. The van der Waals surface area contributed by atoms with E-state index in [9.17, 15) is 9.59 Å². The second kappa shape index (κ2) is 6.51. The van der Waals surface area contributed by atoms with Crippen molar-refractivity contribution in [2.45, 2.75) is 18.9 Å². The van der Waals surface area contributed by atoms with Crippen LogP contribution >= 0.6 is 0 Å². The Morgan fingerprint density at radius 2 is 2.19 bits per heavy atom. The first kappa shape index (κ1) is 15.2. The van der Waals surface area contributed by atoms with Gasteiger partial charge in [-0.3, -0.25) is 15.3 Å². The molecule has 1 aromatic rings. The maximum Gasteiger partial charge on any atom is 0.318 e. The summed E-state index contributed by atoms with van der Waals surface area (Å²) in [5.74, 6) is -4.03. The molecule has 0 unspecified atom stereocenters. The third kappa shape index (κ3) is 3.68. The average Bonchev–Trinajstić information content (AvgIpc) is 2.79. The van der Waals surface area contributed by atoms with Gasteiger partial charge in [-0.25, -0.2) is 0 Å². The number of cyclic esters (lactones) is 1. The van der Waals surface area contributed by atoms with Gasteiger partial charge < -0.3 is 14.2 Å². The zero-order chi connectivity index (χ0) is 15.3. The number of nitrogens with two attached hydrogens (primary N) is 1. The van der Waals surface area contributed by atoms with E-state index in [2.05, 4.69) is 6.58 Å². The van der Waals surface area contributed by atoms with Crippen LogP contribution in [0.5, 0.6) is 0 Å². The lowest BCUT2D eigenvalue weighted by molar-refractivity contribution is -0.234. The average molecular weight is 291 g/mol. The topological polar surface area (TPSA) is 87.9 Å². The highest BCUT2D eigenvalue weighted by Crippen LogP contribution is 2.31. The lowest BCUT2D eigenvalue weighted by Gasteiger charge is -2.27. The fourth-order valence-electron chi connectivity index (χ4n) is 1.99. The standard InChI is InChI=1S/C15H17NO5/c1-2-8-19-14(18)12-9-13(17)21-15(12,16)20-10-11-6-4-3-5-7-11/h2-7,12H,1,8-10,16H2/t12-,15-/m1/s1. The SMILES string of the molecule is C=CCOC(=O)[C@H]1CC(=O)O[C@]1(N)OCc1ccccc1. The molecule has 1 saturated heterocycles. The molecule has 0 bridgehead atoms. The van der Waals surface area contributed by atoms with E-state index >= 15 is 0 Å². The Balaban J connectivity index is 2.04. The normalized spacial score (nSPS) is 24.4. The lowest BCUT2D eigenvalue weighted by Crippen LogP contribution is -2.51. The number of esters is 2. The summed E-state index contributed by atoms with van der Waals surface area (Å²) in [5.41, 5.74) is 6.77. The number of carbonyl (C=O) groups excluding carboxylic acids is 2. The number of carbonyl (C=O) groups is 2. The predicted octanol–water partition coefficient (Wildman–Crippen LogP) is 1.11. The van der Waals surface area contributed by atoms with Crippen molar-refractivity contribution < 1.29 is 23.8 Å². The van der Waals surface area contributed by atoms with Crippen LogP contribution in [0.2, 0.25) is 0 Å². The van der Waals surface area contributed by atoms with E-state index < -0.39 is 23.8 Å². The summed E-state index contributed by atoms with van der Waals surface area (Å²) in [6, 6.07) is 9.24. The van der Waals surface area contributed by atoms with Gasteiger partial charge in [0.05, 0.1) is 13.0 Å². The minimum Gasteiger partial charge on any atom is -0.461 e. The van der Waals surface area contributed by atoms with Crippen LogP contribution in [0.3, 0.4) is 0 Å². The van der Waals surface area contributed by atoms with Crippen LogP contribution in [0.1, 0.15) is 12.0 Å². The van der Waals surface area contributed by atoms with Crippen LogP contribution in [0, 0.1) is 5.92 Å². The highest BCUT2D eigenvalue weighted by molar-refractivity contribution is 5.84. The number of benzene rings is 1. The van der Waals surface area contributed by atoms with Crippen molar-refractivity contribution in [1.82, 2.24) is 0 Å². The van der Waals surface area contributed by atoms with Crippen LogP contribution in [0.4, 0.5) is 0 Å². The van der Waals surface area contributed by atoms with E-state index in [0.717, 1.165) is 5.56 Å². The van der Waals surface area contributed by atoms with Crippen LogP contribution in [-0.2, 0) is 30.4 Å². The summed E-state index contributed by atoms with van der Waals surface area (Å²) >= 11 is 0. The van der Waals surface area contributed by atoms with Crippen LogP contribution in [-0.4, -0.2) is 24.5 Å². The Hall–Kier alpha value is -2.18. The molecule has 1 aliphatic heterocycles. The molecule has 2 rings (SSSR count). The molecular formula is C15H17NO5. The van der Waals surface area contributed by atoms with Crippen molar-refractivity contribution in [1.29, 1.82) is 0 Å². The number of rotatable bonds is 6. The van der Waals surface area contributed by atoms with Crippen LogP contribution in [0.15, 0.2) is 43.0 Å². The zero-order valence-electron chi connectivity index (χ0n) is 11.5. The summed E-state index contributed by atoms with van der Waals surface area (Å²) in [7, 11) is 0. The molecule has 2 N–H and O–H groups in total. The maximum absolute atomic E-state index is 11.9. The van der Waals surface area contributed by atoms with Gasteiger partial charge in [0, 0.05) is 0 Å². The molecule has 6 heteroatoms. The van der Waals surface area contributed by atoms with Crippen LogP contribution < -0.4 is 5.73 Å². The van der Waals surface area contributed by atoms with Crippen molar-refractivity contribution in [2.75, 3.05) is 6.61 Å². The molecule has 0 aliphatic carbocycles. The summed E-state index contributed by atoms with van der Waals surface area (Å²) in [5, 5.41) is 0. The third-order valence-corrected chi connectivity index (χ3v) is 3.07. The maximum atomic E-state index is 11.9. The van der Waals surface area contributed by atoms with E-state index in [4.69, 9.17) is 19.9 Å². The van der Waals surface area contributed by atoms with Gasteiger partial charge in [0.15, 0.2) is 0 Å². The minimum atomic E-state index is -1.80. The first-order valence-electron chi connectivity index (χ1n) is 6.51. The van der Waals surface area contributed by atoms with Gasteiger partial charge in [0.25, 0.3) is 5.91 Å². The van der Waals surface area contributed by atoms with Gasteiger partial charge >= 0.3 is 11.9 Å².